The van der Waals surface area contributed by atoms with Crippen LogP contribution in [0.3, 0.4) is 0 Å². The van der Waals surface area contributed by atoms with Crippen molar-refractivity contribution in [1.29, 1.82) is 0 Å². The molecule has 1 aliphatic heterocycles. The van der Waals surface area contributed by atoms with Gasteiger partial charge in [0.05, 0.1) is 11.4 Å². The molecular weight excluding hydrogens is 386 g/mol. The highest BCUT2D eigenvalue weighted by Crippen LogP contribution is 2.57. The van der Waals surface area contributed by atoms with Crippen molar-refractivity contribution >= 4 is 16.5 Å². The number of rotatable bonds is 4. The van der Waals surface area contributed by atoms with Crippen molar-refractivity contribution in [3.05, 3.63) is 70.9 Å². The van der Waals surface area contributed by atoms with Crippen molar-refractivity contribution in [2.75, 3.05) is 10.8 Å². The van der Waals surface area contributed by atoms with Gasteiger partial charge in [-0.25, -0.2) is 0 Å². The number of hydrogen-bond donors (Lipinski definition) is 2. The lowest BCUT2D eigenvalue weighted by Gasteiger charge is -2.37. The van der Waals surface area contributed by atoms with Gasteiger partial charge in [0.1, 0.15) is 0 Å². The number of benzene rings is 1. The molecule has 1 aromatic carbocycles. The maximum atomic E-state index is 12.0. The average molecular weight is 412 g/mol. The first-order valence-electron chi connectivity index (χ1n) is 9.64. The molecule has 2 aromatic heterocycles. The summed E-state index contributed by atoms with van der Waals surface area (Å²) in [5, 5.41) is 0. The molecule has 0 bridgehead atoms. The molecular formula is C22H25N3O3S. The first kappa shape index (κ1) is 19.7. The summed E-state index contributed by atoms with van der Waals surface area (Å²) >= 11 is 0. The number of aromatic nitrogens is 2. The number of anilines is 1. The van der Waals surface area contributed by atoms with E-state index in [1.165, 1.54) is 0 Å². The molecule has 3 aromatic rings. The van der Waals surface area contributed by atoms with E-state index in [4.69, 9.17) is 0 Å². The summed E-state index contributed by atoms with van der Waals surface area (Å²) in [7, 11) is -2.78. The molecule has 29 heavy (non-hydrogen) atoms. The van der Waals surface area contributed by atoms with Crippen molar-refractivity contribution in [2.45, 2.75) is 32.6 Å². The van der Waals surface area contributed by atoms with Crippen LogP contribution in [0.1, 0.15) is 32.4 Å². The Balaban J connectivity index is 1.73. The van der Waals surface area contributed by atoms with Crippen LogP contribution in [-0.4, -0.2) is 25.2 Å². The van der Waals surface area contributed by atoms with Gasteiger partial charge in [0.15, 0.2) is 0 Å². The molecule has 0 amide bonds. The smallest absolute Gasteiger partial charge is 0.250 e. The minimum Gasteiger partial charge on any atom is -0.312 e. The van der Waals surface area contributed by atoms with Crippen LogP contribution in [0.15, 0.2) is 59.8 Å². The Hall–Kier alpha value is -2.61. The van der Waals surface area contributed by atoms with Crippen LogP contribution in [0.5, 0.6) is 0 Å². The summed E-state index contributed by atoms with van der Waals surface area (Å²) in [6.07, 6.45) is 5.45. The van der Waals surface area contributed by atoms with Crippen LogP contribution in [-0.2, 0) is 5.75 Å². The summed E-state index contributed by atoms with van der Waals surface area (Å²) in [4.78, 5) is 16.4. The second-order valence-electron chi connectivity index (χ2n) is 7.53. The Morgan fingerprint density at radius 2 is 1.72 bits per heavy atom. The molecule has 0 atom stereocenters. The van der Waals surface area contributed by atoms with Crippen molar-refractivity contribution < 1.29 is 9.11 Å². The highest BCUT2D eigenvalue weighted by molar-refractivity contribution is 8.25. The highest BCUT2D eigenvalue weighted by Gasteiger charge is 2.32. The summed E-state index contributed by atoms with van der Waals surface area (Å²) < 4.78 is 24.1. The third-order valence-electron chi connectivity index (χ3n) is 5.24. The Bertz CT molecular complexity index is 1120. The zero-order chi connectivity index (χ0) is 20.8. The fourth-order valence-corrected chi connectivity index (χ4v) is 5.49. The maximum Gasteiger partial charge on any atom is 0.250 e. The molecule has 0 saturated carbocycles. The minimum absolute atomic E-state index is 0.0223. The maximum absolute atomic E-state index is 12.0. The second-order valence-corrected chi connectivity index (χ2v) is 9.53. The van der Waals surface area contributed by atoms with Gasteiger partial charge >= 0.3 is 0 Å². The molecule has 3 heterocycles. The van der Waals surface area contributed by atoms with E-state index < -0.39 is 10.8 Å². The molecule has 0 radical (unpaired) electrons. The van der Waals surface area contributed by atoms with Gasteiger partial charge in [0.25, 0.3) is 5.56 Å². The lowest BCUT2D eigenvalue weighted by molar-refractivity contribution is 0.485. The molecule has 4 rings (SSSR count). The Kier molecular flexibility index (Phi) is 4.98. The van der Waals surface area contributed by atoms with E-state index in [-0.39, 0.29) is 17.4 Å². The number of hydrogen-bond acceptors (Lipinski definition) is 5. The number of nitrogens with zero attached hydrogens (tertiary/aromatic N) is 3. The average Bonchev–Trinajstić information content (AvgIpc) is 2.96. The van der Waals surface area contributed by atoms with Gasteiger partial charge < -0.3 is 4.57 Å². The molecule has 6 nitrogen and oxygen atoms in total. The summed E-state index contributed by atoms with van der Waals surface area (Å²) in [6, 6.07) is 11.5. The van der Waals surface area contributed by atoms with E-state index in [9.17, 15) is 13.9 Å². The third kappa shape index (κ3) is 3.57. The van der Waals surface area contributed by atoms with Crippen LogP contribution < -0.4 is 9.86 Å². The SMILES string of the molecule is CCN1c2ccc(-c3cncc(-c4ccc(=O)n(C(C)C)c4)c3)cc2CS1(O)O. The molecule has 0 spiro atoms. The number of pyridine rings is 2. The van der Waals surface area contributed by atoms with Crippen molar-refractivity contribution in [1.82, 2.24) is 9.55 Å². The zero-order valence-electron chi connectivity index (χ0n) is 16.7. The zero-order valence-corrected chi connectivity index (χ0v) is 17.6. The van der Waals surface area contributed by atoms with E-state index in [2.05, 4.69) is 4.98 Å². The first-order valence-corrected chi connectivity index (χ1v) is 11.3. The Morgan fingerprint density at radius 1 is 1.03 bits per heavy atom. The van der Waals surface area contributed by atoms with Crippen LogP contribution in [0.2, 0.25) is 0 Å². The predicted molar refractivity (Wildman–Crippen MR) is 119 cm³/mol. The minimum atomic E-state index is -2.78. The van der Waals surface area contributed by atoms with Crippen LogP contribution in [0.25, 0.3) is 22.3 Å². The van der Waals surface area contributed by atoms with Gasteiger partial charge in [-0.1, -0.05) is 6.07 Å². The molecule has 7 heteroatoms. The summed E-state index contributed by atoms with van der Waals surface area (Å²) in [5.41, 5.74) is 5.57. The van der Waals surface area contributed by atoms with Gasteiger partial charge in [0.2, 0.25) is 0 Å². The van der Waals surface area contributed by atoms with Crippen molar-refractivity contribution in [3.8, 4) is 22.3 Å². The lowest BCUT2D eigenvalue weighted by atomic mass is 10.0. The van der Waals surface area contributed by atoms with Gasteiger partial charge in [0, 0.05) is 48.4 Å². The number of fused-ring (bicyclic) bond motifs is 1. The van der Waals surface area contributed by atoms with E-state index in [0.717, 1.165) is 33.5 Å². The van der Waals surface area contributed by atoms with Crippen LogP contribution in [0, 0.1) is 0 Å². The first-order chi connectivity index (χ1) is 13.8. The summed E-state index contributed by atoms with van der Waals surface area (Å²) in [6.45, 7) is 6.43. The molecule has 152 valence electrons. The van der Waals surface area contributed by atoms with Crippen LogP contribution >= 0.6 is 10.8 Å². The quantitative estimate of drug-likeness (QED) is 0.620. The Morgan fingerprint density at radius 3 is 2.41 bits per heavy atom. The van der Waals surface area contributed by atoms with E-state index in [0.29, 0.717) is 6.54 Å². The van der Waals surface area contributed by atoms with E-state index >= 15 is 0 Å². The van der Waals surface area contributed by atoms with Crippen molar-refractivity contribution in [2.24, 2.45) is 0 Å². The predicted octanol–water partition coefficient (Wildman–Crippen LogP) is 5.16. The second kappa shape index (κ2) is 7.33. The van der Waals surface area contributed by atoms with Gasteiger partial charge in [-0.2, -0.15) is 0 Å². The standard InChI is InChI=1S/C22H25N3O3S/c1-4-25-21-7-5-16(9-20(21)14-29(25,27)28)18-10-19(12-23-11-18)17-6-8-22(26)24(13-17)15(2)3/h5-13,15,27-28H,4,14H2,1-3H3. The van der Waals surface area contributed by atoms with Crippen molar-refractivity contribution in [3.63, 3.8) is 0 Å². The summed E-state index contributed by atoms with van der Waals surface area (Å²) in [5.74, 6) is 0.247. The van der Waals surface area contributed by atoms with Gasteiger partial charge in [-0.3, -0.25) is 23.2 Å². The fourth-order valence-electron chi connectivity index (χ4n) is 3.78. The largest absolute Gasteiger partial charge is 0.312 e. The molecule has 2 N–H and O–H groups in total. The molecule has 0 aliphatic carbocycles. The molecule has 0 saturated heterocycles. The molecule has 1 aliphatic rings. The van der Waals surface area contributed by atoms with E-state index in [1.54, 1.807) is 27.3 Å². The highest BCUT2D eigenvalue weighted by atomic mass is 32.3. The Labute approximate surface area is 172 Å². The van der Waals surface area contributed by atoms with Gasteiger partial charge in [-0.05, 0) is 61.7 Å². The monoisotopic (exact) mass is 411 g/mol. The van der Waals surface area contributed by atoms with E-state index in [1.807, 2.05) is 57.3 Å². The lowest BCUT2D eigenvalue weighted by Crippen LogP contribution is -2.22. The molecule has 0 unspecified atom stereocenters. The van der Waals surface area contributed by atoms with Crippen LogP contribution in [0.4, 0.5) is 5.69 Å². The normalized spacial score (nSPS) is 16.1. The fraction of sp³-hybridized carbons (Fsp3) is 0.273. The van der Waals surface area contributed by atoms with Gasteiger partial charge in [-0.15, -0.1) is 10.8 Å². The topological polar surface area (TPSA) is 78.6 Å². The third-order valence-corrected chi connectivity index (χ3v) is 7.10. The molecule has 0 fully saturated rings.